The van der Waals surface area contributed by atoms with Crippen molar-refractivity contribution in [2.45, 2.75) is 29.8 Å². The number of likely N-dealkylation sites (N-methyl/N-ethyl adjacent to an activating group) is 1. The maximum absolute atomic E-state index is 13.4. The number of likely N-dealkylation sites (tertiary alicyclic amines) is 1. The lowest BCUT2D eigenvalue weighted by molar-refractivity contribution is -0.256. The molecule has 0 bridgehead atoms. The number of rotatable bonds is 9. The second-order valence-electron chi connectivity index (χ2n) is 10.9. The van der Waals surface area contributed by atoms with Gasteiger partial charge in [-0.15, -0.1) is 11.3 Å². The van der Waals surface area contributed by atoms with Crippen LogP contribution in [0.4, 0.5) is 5.13 Å². The number of hydrogen-bond acceptors (Lipinski definition) is 16. The third-order valence-corrected chi connectivity index (χ3v) is 8.36. The fraction of sp³-hybridized carbons (Fsp3) is 0.360. The van der Waals surface area contributed by atoms with Crippen molar-refractivity contribution in [2.75, 3.05) is 32.5 Å². The van der Waals surface area contributed by atoms with Crippen molar-refractivity contribution in [3.05, 3.63) is 40.0 Å². The van der Waals surface area contributed by atoms with E-state index < -0.39 is 89.1 Å². The lowest BCUT2D eigenvalue weighted by Crippen LogP contribution is -2.65. The van der Waals surface area contributed by atoms with Crippen LogP contribution in [0.25, 0.3) is 5.52 Å². The minimum atomic E-state index is -2.77. The van der Waals surface area contributed by atoms with Gasteiger partial charge in [-0.2, -0.15) is 5.06 Å². The number of nitrogens with two attached hydrogens (primary N) is 1. The number of hydrogen-bond donors (Lipinski definition) is 6. The number of esters is 1. The predicted molar refractivity (Wildman–Crippen MR) is 152 cm³/mol. The zero-order valence-corrected chi connectivity index (χ0v) is 24.7. The van der Waals surface area contributed by atoms with E-state index in [2.05, 4.69) is 15.5 Å². The summed E-state index contributed by atoms with van der Waals surface area (Å²) in [5, 5.41) is 47.0. The Labute approximate surface area is 264 Å². The molecule has 3 aliphatic heterocycles. The van der Waals surface area contributed by atoms with Crippen molar-refractivity contribution in [3.63, 3.8) is 0 Å². The van der Waals surface area contributed by atoms with Gasteiger partial charge in [-0.3, -0.25) is 28.3 Å². The van der Waals surface area contributed by atoms with E-state index in [1.807, 2.05) is 0 Å². The molecule has 248 valence electrons. The van der Waals surface area contributed by atoms with Gasteiger partial charge in [0.1, 0.15) is 24.4 Å². The van der Waals surface area contributed by atoms with Gasteiger partial charge in [-0.25, -0.2) is 24.2 Å². The number of nitrogens with zero attached hydrogens (tertiary/aromatic N) is 6. The summed E-state index contributed by atoms with van der Waals surface area (Å²) in [6.45, 7) is -0.720. The summed E-state index contributed by atoms with van der Waals surface area (Å²) in [5.41, 5.74) is -0.347. The number of carboxylic acids is 2. The van der Waals surface area contributed by atoms with Crippen molar-refractivity contribution in [2.24, 2.45) is 5.16 Å². The Morgan fingerprint density at radius 1 is 1.15 bits per heavy atom. The number of carbonyl (C=O) groups excluding carboxylic acids is 3. The SMILES string of the molecule is CN1CC(O/N=C(\C(=O)N[C@H]2CON(C3(C(=O)O)CC(n4cc5cc(O)c(O)cn5c4=O)C(=O)O3)C2=O)c2csc(N)n2)(C(=O)O)C1. The standard InChI is InChI=1S/C25H24N8O13S/c1-30-8-24(9-30,20(39)40)46-29-16(12-7-47-22(26)28-12)17(36)27-11-6-44-33(18(11)37)25(21(41)42)3-13(19(38)45-25)32-4-10-2-14(34)15(35)5-31(10)23(32)43/h2,4-5,7,11,13,34-35H,3,6,8-9H2,1H3,(H2,26,28)(H,27,36)(H,39,40)(H,41,42)/b29-16-/t11-,13?,25?/m0/s1. The van der Waals surface area contributed by atoms with E-state index in [9.17, 15) is 49.2 Å². The molecule has 2 amide bonds. The van der Waals surface area contributed by atoms with Crippen LogP contribution in [0, 0.1) is 0 Å². The molecule has 0 aromatic carbocycles. The van der Waals surface area contributed by atoms with Gasteiger partial charge in [0.15, 0.2) is 22.3 Å². The van der Waals surface area contributed by atoms with Crippen LogP contribution in [0.5, 0.6) is 11.5 Å². The zero-order valence-electron chi connectivity index (χ0n) is 23.9. The number of oxime groups is 1. The van der Waals surface area contributed by atoms with Gasteiger partial charge in [0, 0.05) is 17.6 Å². The predicted octanol–water partition coefficient (Wildman–Crippen LogP) is -2.73. The van der Waals surface area contributed by atoms with E-state index in [0.717, 1.165) is 38.8 Å². The minimum Gasteiger partial charge on any atom is -0.504 e. The summed E-state index contributed by atoms with van der Waals surface area (Å²) in [4.78, 5) is 93.3. The highest BCUT2D eigenvalue weighted by atomic mass is 32.1. The highest BCUT2D eigenvalue weighted by molar-refractivity contribution is 7.13. The topological polar surface area (TPSA) is 290 Å². The molecule has 21 nitrogen and oxygen atoms in total. The number of imidazole rings is 1. The van der Waals surface area contributed by atoms with Gasteiger partial charge in [0.25, 0.3) is 17.4 Å². The number of nitrogens with one attached hydrogen (secondary N) is 1. The number of carbonyl (C=O) groups is 5. The highest BCUT2D eigenvalue weighted by Crippen LogP contribution is 2.39. The van der Waals surface area contributed by atoms with E-state index in [4.69, 9.17) is 20.1 Å². The zero-order chi connectivity index (χ0) is 34.0. The van der Waals surface area contributed by atoms with Crippen molar-refractivity contribution in [1.29, 1.82) is 0 Å². The number of anilines is 1. The van der Waals surface area contributed by atoms with Crippen LogP contribution in [0.1, 0.15) is 18.2 Å². The van der Waals surface area contributed by atoms with E-state index in [1.165, 1.54) is 5.38 Å². The lowest BCUT2D eigenvalue weighted by Gasteiger charge is -2.42. The van der Waals surface area contributed by atoms with Crippen LogP contribution in [0.2, 0.25) is 0 Å². The van der Waals surface area contributed by atoms with E-state index in [0.29, 0.717) is 0 Å². The molecule has 3 saturated heterocycles. The van der Waals surface area contributed by atoms with E-state index in [-0.39, 0.29) is 34.5 Å². The van der Waals surface area contributed by atoms with Crippen LogP contribution < -0.4 is 16.7 Å². The number of aliphatic carboxylic acids is 2. The number of amides is 2. The molecule has 3 fully saturated rings. The van der Waals surface area contributed by atoms with Gasteiger partial charge < -0.3 is 41.1 Å². The minimum absolute atomic E-state index is 0.0353. The Balaban J connectivity index is 1.24. The van der Waals surface area contributed by atoms with Crippen LogP contribution in [-0.2, 0) is 38.4 Å². The molecule has 3 aliphatic rings. The molecule has 22 heteroatoms. The van der Waals surface area contributed by atoms with Crippen LogP contribution >= 0.6 is 11.3 Å². The number of carboxylic acid groups (broad SMARTS) is 2. The first-order valence-corrected chi connectivity index (χ1v) is 14.3. The molecule has 2 unspecified atom stereocenters. The summed E-state index contributed by atoms with van der Waals surface area (Å²) < 4.78 is 6.87. The van der Waals surface area contributed by atoms with Crippen LogP contribution in [-0.4, -0.2) is 124 Å². The first-order valence-electron chi connectivity index (χ1n) is 13.4. The van der Waals surface area contributed by atoms with Crippen LogP contribution in [0.15, 0.2) is 33.8 Å². The number of hydroxylamine groups is 2. The molecule has 47 heavy (non-hydrogen) atoms. The van der Waals surface area contributed by atoms with Gasteiger partial charge in [0.05, 0.1) is 31.2 Å². The quantitative estimate of drug-likeness (QED) is 0.0761. The molecule has 0 aliphatic carbocycles. The normalized spacial score (nSPS) is 24.3. The highest BCUT2D eigenvalue weighted by Gasteiger charge is 2.63. The molecule has 3 aromatic rings. The van der Waals surface area contributed by atoms with Gasteiger partial charge in [-0.05, 0) is 7.05 Å². The maximum atomic E-state index is 13.4. The first kappa shape index (κ1) is 31.3. The average Bonchev–Trinajstić information content (AvgIpc) is 3.74. The fourth-order valence-corrected chi connectivity index (χ4v) is 5.91. The molecule has 0 saturated carbocycles. The van der Waals surface area contributed by atoms with Gasteiger partial charge >= 0.3 is 29.3 Å². The molecule has 3 atom stereocenters. The molecule has 3 aromatic heterocycles. The van der Waals surface area contributed by atoms with E-state index >= 15 is 0 Å². The summed E-state index contributed by atoms with van der Waals surface area (Å²) in [6, 6.07) is -2.12. The summed E-state index contributed by atoms with van der Waals surface area (Å²) in [6.07, 6.45) is 1.20. The molecule has 6 rings (SSSR count). The number of nitrogen functional groups attached to an aromatic ring is 1. The first-order chi connectivity index (χ1) is 22.2. The third kappa shape index (κ3) is 5.03. The number of aromatic hydroxyl groups is 2. The Morgan fingerprint density at radius 2 is 1.87 bits per heavy atom. The monoisotopic (exact) mass is 676 g/mol. The molecule has 6 heterocycles. The third-order valence-electron chi connectivity index (χ3n) is 7.69. The van der Waals surface area contributed by atoms with Crippen molar-refractivity contribution < 1.29 is 58.8 Å². The second-order valence-corrected chi connectivity index (χ2v) is 11.8. The molecule has 0 spiro atoms. The molecular formula is C25H24N8O13S. The Kier molecular flexibility index (Phi) is 7.28. The number of ether oxygens (including phenoxy) is 1. The summed E-state index contributed by atoms with van der Waals surface area (Å²) in [5.74, 6) is -7.82. The molecule has 7 N–H and O–H groups in total. The second kappa shape index (κ2) is 11.0. The smallest absolute Gasteiger partial charge is 0.372 e. The number of aromatic nitrogens is 3. The lowest BCUT2D eigenvalue weighted by atomic mass is 9.95. The summed E-state index contributed by atoms with van der Waals surface area (Å²) >= 11 is 0.937. The van der Waals surface area contributed by atoms with Crippen molar-refractivity contribution in [1.82, 2.24) is 29.2 Å². The Bertz CT molecular complexity index is 1950. The molecular weight excluding hydrogens is 652 g/mol. The average molecular weight is 677 g/mol. The Hall–Kier alpha value is -5.74. The fourth-order valence-electron chi connectivity index (χ4n) is 5.36. The van der Waals surface area contributed by atoms with Crippen molar-refractivity contribution >= 4 is 57.4 Å². The largest absolute Gasteiger partial charge is 0.504 e. The molecule has 0 radical (unpaired) electrons. The van der Waals surface area contributed by atoms with Crippen LogP contribution in [0.3, 0.4) is 0 Å². The van der Waals surface area contributed by atoms with Gasteiger partial charge in [0.2, 0.25) is 0 Å². The van der Waals surface area contributed by atoms with E-state index in [1.54, 1.807) is 11.9 Å². The van der Waals surface area contributed by atoms with Gasteiger partial charge in [-0.1, -0.05) is 5.16 Å². The Morgan fingerprint density at radius 3 is 2.49 bits per heavy atom. The summed E-state index contributed by atoms with van der Waals surface area (Å²) in [7, 11) is 1.64. The number of thiazole rings is 1. The number of pyridine rings is 1. The maximum Gasteiger partial charge on any atom is 0.372 e. The number of fused-ring (bicyclic) bond motifs is 1. The number of cyclic esters (lactones) is 1. The van der Waals surface area contributed by atoms with Crippen molar-refractivity contribution in [3.8, 4) is 11.5 Å².